The van der Waals surface area contributed by atoms with Crippen LogP contribution in [0.1, 0.15) is 5.56 Å². The van der Waals surface area contributed by atoms with Gasteiger partial charge in [0.1, 0.15) is 5.82 Å². The summed E-state index contributed by atoms with van der Waals surface area (Å²) in [6, 6.07) is 10.1. The number of nitrogens with two attached hydrogens (primary N) is 1. The molecule has 0 heterocycles. The molecule has 1 amide bonds. The number of anilines is 2. The summed E-state index contributed by atoms with van der Waals surface area (Å²) in [7, 11) is 0. The van der Waals surface area contributed by atoms with Crippen molar-refractivity contribution in [3.05, 3.63) is 52.3 Å². The van der Waals surface area contributed by atoms with Gasteiger partial charge < -0.3 is 11.1 Å². The molecule has 2 aromatic carbocycles. The number of amides is 1. The molecule has 0 radical (unpaired) electrons. The zero-order valence-corrected chi connectivity index (χ0v) is 13.7. The number of hydrogen-bond acceptors (Lipinski definition) is 3. The summed E-state index contributed by atoms with van der Waals surface area (Å²) in [4.78, 5) is 12.8. The van der Waals surface area contributed by atoms with Crippen molar-refractivity contribution in [2.75, 3.05) is 16.8 Å². The third-order valence-corrected chi connectivity index (χ3v) is 4.30. The summed E-state index contributed by atoms with van der Waals surface area (Å²) < 4.78 is 14.2. The van der Waals surface area contributed by atoms with Crippen LogP contribution in [0.2, 0.25) is 0 Å². The van der Waals surface area contributed by atoms with Gasteiger partial charge in [0, 0.05) is 15.1 Å². The molecule has 0 saturated heterocycles. The molecule has 0 aliphatic rings. The quantitative estimate of drug-likeness (QED) is 0.627. The number of rotatable bonds is 4. The standard InChI is InChI=1S/C15H14BrFN2OS/c1-9-6-11(3-4-13(9)18)21-8-15(20)19-14-5-2-10(16)7-12(14)17/h2-7H,8,18H2,1H3,(H,19,20). The summed E-state index contributed by atoms with van der Waals surface area (Å²) in [6.45, 7) is 1.91. The lowest BCUT2D eigenvalue weighted by Gasteiger charge is -2.07. The van der Waals surface area contributed by atoms with Crippen LogP contribution in [-0.4, -0.2) is 11.7 Å². The van der Waals surface area contributed by atoms with E-state index in [4.69, 9.17) is 5.73 Å². The Bertz CT molecular complexity index is 679. The van der Waals surface area contributed by atoms with Crippen molar-refractivity contribution in [2.45, 2.75) is 11.8 Å². The van der Waals surface area contributed by atoms with E-state index in [1.807, 2.05) is 25.1 Å². The second kappa shape index (κ2) is 6.95. The maximum Gasteiger partial charge on any atom is 0.234 e. The Balaban J connectivity index is 1.94. The highest BCUT2D eigenvalue weighted by Crippen LogP contribution is 2.23. The van der Waals surface area contributed by atoms with Gasteiger partial charge in [0.05, 0.1) is 11.4 Å². The average Bonchev–Trinajstić information content (AvgIpc) is 2.43. The number of carbonyl (C=O) groups is 1. The molecule has 0 fully saturated rings. The summed E-state index contributed by atoms with van der Waals surface area (Å²) in [6.07, 6.45) is 0. The van der Waals surface area contributed by atoms with Gasteiger partial charge in [-0.25, -0.2) is 4.39 Å². The third-order valence-electron chi connectivity index (χ3n) is 2.82. The molecule has 0 saturated carbocycles. The predicted molar refractivity (Wildman–Crippen MR) is 89.0 cm³/mol. The highest BCUT2D eigenvalue weighted by atomic mass is 79.9. The Kier molecular flexibility index (Phi) is 5.25. The van der Waals surface area contributed by atoms with Crippen molar-refractivity contribution >= 4 is 45.0 Å². The van der Waals surface area contributed by atoms with Crippen LogP contribution in [0, 0.1) is 12.7 Å². The van der Waals surface area contributed by atoms with Gasteiger partial charge in [-0.2, -0.15) is 0 Å². The molecule has 0 unspecified atom stereocenters. The summed E-state index contributed by atoms with van der Waals surface area (Å²) >= 11 is 4.55. The van der Waals surface area contributed by atoms with E-state index in [-0.39, 0.29) is 17.3 Å². The van der Waals surface area contributed by atoms with Crippen molar-refractivity contribution in [3.8, 4) is 0 Å². The van der Waals surface area contributed by atoms with Crippen LogP contribution in [0.3, 0.4) is 0 Å². The summed E-state index contributed by atoms with van der Waals surface area (Å²) in [5, 5.41) is 2.55. The lowest BCUT2D eigenvalue weighted by molar-refractivity contribution is -0.113. The fourth-order valence-electron chi connectivity index (χ4n) is 1.66. The Hall–Kier alpha value is -1.53. The maximum absolute atomic E-state index is 13.6. The van der Waals surface area contributed by atoms with E-state index in [9.17, 15) is 9.18 Å². The summed E-state index contributed by atoms with van der Waals surface area (Å²) in [5.74, 6) is -0.513. The van der Waals surface area contributed by atoms with Crippen LogP contribution in [-0.2, 0) is 4.79 Å². The Labute approximate surface area is 135 Å². The van der Waals surface area contributed by atoms with Crippen LogP contribution in [0.15, 0.2) is 45.8 Å². The number of aryl methyl sites for hydroxylation is 1. The smallest absolute Gasteiger partial charge is 0.234 e. The fraction of sp³-hybridized carbons (Fsp3) is 0.133. The molecule has 2 rings (SSSR count). The highest BCUT2D eigenvalue weighted by molar-refractivity contribution is 9.10. The zero-order chi connectivity index (χ0) is 15.4. The molecule has 6 heteroatoms. The van der Waals surface area contributed by atoms with E-state index in [0.717, 1.165) is 16.1 Å². The lowest BCUT2D eigenvalue weighted by Crippen LogP contribution is -2.15. The minimum atomic E-state index is -0.467. The molecule has 2 aromatic rings. The second-order valence-corrected chi connectivity index (χ2v) is 6.44. The predicted octanol–water partition coefficient (Wildman–Crippen LogP) is 4.21. The van der Waals surface area contributed by atoms with Gasteiger partial charge >= 0.3 is 0 Å². The minimum Gasteiger partial charge on any atom is -0.399 e. The number of thioether (sulfide) groups is 1. The molecule has 21 heavy (non-hydrogen) atoms. The number of benzene rings is 2. The van der Waals surface area contributed by atoms with Gasteiger partial charge in [0.15, 0.2) is 0 Å². The molecule has 3 nitrogen and oxygen atoms in total. The van der Waals surface area contributed by atoms with E-state index in [1.165, 1.54) is 23.9 Å². The molecule has 0 bridgehead atoms. The van der Waals surface area contributed by atoms with E-state index in [0.29, 0.717) is 4.47 Å². The molecule has 110 valence electrons. The topological polar surface area (TPSA) is 55.1 Å². The van der Waals surface area contributed by atoms with E-state index in [1.54, 1.807) is 6.07 Å². The molecule has 3 N–H and O–H groups in total. The number of carbonyl (C=O) groups excluding carboxylic acids is 1. The normalized spacial score (nSPS) is 10.4. The maximum atomic E-state index is 13.6. The molecular formula is C15H14BrFN2OS. The Morgan fingerprint density at radius 1 is 1.33 bits per heavy atom. The second-order valence-electron chi connectivity index (χ2n) is 4.48. The Morgan fingerprint density at radius 3 is 2.76 bits per heavy atom. The molecule has 0 aromatic heterocycles. The number of nitrogens with one attached hydrogen (secondary N) is 1. The first-order chi connectivity index (χ1) is 9.95. The SMILES string of the molecule is Cc1cc(SCC(=O)Nc2ccc(Br)cc2F)ccc1N. The van der Waals surface area contributed by atoms with Crippen molar-refractivity contribution in [3.63, 3.8) is 0 Å². The number of hydrogen-bond donors (Lipinski definition) is 2. The molecule has 0 spiro atoms. The van der Waals surface area contributed by atoms with Crippen molar-refractivity contribution in [2.24, 2.45) is 0 Å². The lowest BCUT2D eigenvalue weighted by atomic mass is 10.2. The largest absolute Gasteiger partial charge is 0.399 e. The van der Waals surface area contributed by atoms with Crippen molar-refractivity contribution in [1.29, 1.82) is 0 Å². The van der Waals surface area contributed by atoms with E-state index in [2.05, 4.69) is 21.2 Å². The summed E-state index contributed by atoms with van der Waals surface area (Å²) in [5.41, 5.74) is 7.61. The third kappa shape index (κ3) is 4.47. The molecule has 0 aliphatic carbocycles. The van der Waals surface area contributed by atoms with Crippen LogP contribution in [0.25, 0.3) is 0 Å². The molecular weight excluding hydrogens is 355 g/mol. The first kappa shape index (κ1) is 15.9. The van der Waals surface area contributed by atoms with Gasteiger partial charge in [-0.05, 0) is 48.9 Å². The zero-order valence-electron chi connectivity index (χ0n) is 11.3. The van der Waals surface area contributed by atoms with Gasteiger partial charge in [0.25, 0.3) is 0 Å². The van der Waals surface area contributed by atoms with E-state index >= 15 is 0 Å². The molecule has 0 atom stereocenters. The minimum absolute atomic E-state index is 0.178. The monoisotopic (exact) mass is 368 g/mol. The van der Waals surface area contributed by atoms with Crippen molar-refractivity contribution in [1.82, 2.24) is 0 Å². The van der Waals surface area contributed by atoms with E-state index < -0.39 is 5.82 Å². The fourth-order valence-corrected chi connectivity index (χ4v) is 2.79. The average molecular weight is 369 g/mol. The van der Waals surface area contributed by atoms with Crippen LogP contribution in [0.5, 0.6) is 0 Å². The van der Waals surface area contributed by atoms with Gasteiger partial charge in [0.2, 0.25) is 5.91 Å². The van der Waals surface area contributed by atoms with Crippen LogP contribution < -0.4 is 11.1 Å². The Morgan fingerprint density at radius 2 is 2.10 bits per heavy atom. The van der Waals surface area contributed by atoms with Crippen LogP contribution >= 0.6 is 27.7 Å². The first-order valence-electron chi connectivity index (χ1n) is 6.19. The molecule has 0 aliphatic heterocycles. The number of halogens is 2. The van der Waals surface area contributed by atoms with Crippen molar-refractivity contribution < 1.29 is 9.18 Å². The van der Waals surface area contributed by atoms with Crippen LogP contribution in [0.4, 0.5) is 15.8 Å². The number of nitrogen functional groups attached to an aromatic ring is 1. The van der Waals surface area contributed by atoms with Gasteiger partial charge in [-0.15, -0.1) is 11.8 Å². The first-order valence-corrected chi connectivity index (χ1v) is 7.97. The van der Waals surface area contributed by atoms with Gasteiger partial charge in [-0.3, -0.25) is 4.79 Å². The van der Waals surface area contributed by atoms with Gasteiger partial charge in [-0.1, -0.05) is 15.9 Å². The highest BCUT2D eigenvalue weighted by Gasteiger charge is 2.08.